The summed E-state index contributed by atoms with van der Waals surface area (Å²) in [7, 11) is 0. The molecule has 0 aromatic carbocycles. The number of hydrogen-bond donors (Lipinski definition) is 0. The third kappa shape index (κ3) is 2.01. The third-order valence-corrected chi connectivity index (χ3v) is 3.65. The molecule has 0 spiro atoms. The molecule has 12 heavy (non-hydrogen) atoms. The molecule has 1 aliphatic rings. The maximum atomic E-state index is 10.4. The van der Waals surface area contributed by atoms with Gasteiger partial charge in [-0.1, -0.05) is 24.3 Å². The van der Waals surface area contributed by atoms with Crippen molar-refractivity contribution >= 4 is 18.0 Å². The smallest absolute Gasteiger partial charge is 0.121 e. The highest BCUT2D eigenvalue weighted by Gasteiger charge is 2.30. The van der Waals surface area contributed by atoms with Crippen LogP contribution in [-0.4, -0.2) is 16.3 Å². The molecule has 0 aliphatic carbocycles. The number of rotatable bonds is 3. The summed E-state index contributed by atoms with van der Waals surface area (Å²) < 4.78 is 0.00532. The zero-order chi connectivity index (χ0) is 9.19. The maximum Gasteiger partial charge on any atom is 0.121 e. The van der Waals surface area contributed by atoms with Gasteiger partial charge in [0.15, 0.2) is 0 Å². The van der Waals surface area contributed by atoms with E-state index in [1.54, 1.807) is 11.8 Å². The highest BCUT2D eigenvalue weighted by atomic mass is 32.2. The number of hydrogen-bond acceptors (Lipinski definition) is 2. The summed E-state index contributed by atoms with van der Waals surface area (Å²) in [6.45, 7) is 8.01. The van der Waals surface area contributed by atoms with Gasteiger partial charge in [0, 0.05) is 16.4 Å². The first kappa shape index (κ1) is 9.59. The van der Waals surface area contributed by atoms with Gasteiger partial charge in [0.2, 0.25) is 0 Å². The molecule has 0 saturated heterocycles. The van der Waals surface area contributed by atoms with Gasteiger partial charge < -0.3 is 4.79 Å². The lowest BCUT2D eigenvalue weighted by Crippen LogP contribution is -2.15. The van der Waals surface area contributed by atoms with Crippen molar-refractivity contribution in [2.24, 2.45) is 0 Å². The van der Waals surface area contributed by atoms with E-state index in [9.17, 15) is 4.79 Å². The van der Waals surface area contributed by atoms with E-state index in [1.807, 2.05) is 6.92 Å². The fraction of sp³-hybridized carbons (Fsp3) is 0.500. The average molecular weight is 182 g/mol. The van der Waals surface area contributed by atoms with Crippen LogP contribution >= 0.6 is 11.8 Å². The molecule has 0 amide bonds. The maximum absolute atomic E-state index is 10.4. The summed E-state index contributed by atoms with van der Waals surface area (Å²) >= 11 is 1.80. The van der Waals surface area contributed by atoms with Gasteiger partial charge in [-0.25, -0.2) is 0 Å². The Morgan fingerprint density at radius 1 is 1.83 bits per heavy atom. The summed E-state index contributed by atoms with van der Waals surface area (Å²) in [5.41, 5.74) is 1.16. The first-order valence-electron chi connectivity index (χ1n) is 4.03. The van der Waals surface area contributed by atoms with Gasteiger partial charge >= 0.3 is 0 Å². The highest BCUT2D eigenvalue weighted by molar-refractivity contribution is 8.02. The van der Waals surface area contributed by atoms with E-state index >= 15 is 0 Å². The predicted octanol–water partition coefficient (Wildman–Crippen LogP) is 2.58. The Hall–Kier alpha value is -0.500. The van der Waals surface area contributed by atoms with Crippen LogP contribution in [0.3, 0.4) is 0 Å². The molecular formula is C10H14OS. The summed E-state index contributed by atoms with van der Waals surface area (Å²) in [5, 5.41) is 0.398. The molecule has 0 radical (unpaired) electrons. The molecule has 2 atom stereocenters. The molecule has 0 aromatic rings. The number of thioether (sulfide) groups is 1. The zero-order valence-corrected chi connectivity index (χ0v) is 8.36. The molecule has 0 bridgehead atoms. The largest absolute Gasteiger partial charge is 0.303 e. The van der Waals surface area contributed by atoms with Crippen molar-refractivity contribution in [3.8, 4) is 0 Å². The van der Waals surface area contributed by atoms with E-state index in [0.29, 0.717) is 11.7 Å². The second-order valence-corrected chi connectivity index (χ2v) is 5.10. The van der Waals surface area contributed by atoms with Crippen molar-refractivity contribution in [1.82, 2.24) is 0 Å². The Kier molecular flexibility index (Phi) is 2.78. The Bertz CT molecular complexity index is 232. The van der Waals surface area contributed by atoms with Crippen LogP contribution < -0.4 is 0 Å². The number of carbonyl (C=O) groups excluding carboxylic acids is 1. The van der Waals surface area contributed by atoms with Crippen molar-refractivity contribution < 1.29 is 4.79 Å². The van der Waals surface area contributed by atoms with E-state index in [-0.39, 0.29) is 4.75 Å². The lowest BCUT2D eigenvalue weighted by Gasteiger charge is -2.20. The lowest BCUT2D eigenvalue weighted by molar-refractivity contribution is -0.108. The third-order valence-electron chi connectivity index (χ3n) is 1.99. The molecule has 0 fully saturated rings. The minimum atomic E-state index is 0.00532. The molecule has 1 rings (SSSR count). The second kappa shape index (κ2) is 3.48. The van der Waals surface area contributed by atoms with Crippen LogP contribution in [0.4, 0.5) is 0 Å². The van der Waals surface area contributed by atoms with Crippen LogP contribution in [0.2, 0.25) is 0 Å². The summed E-state index contributed by atoms with van der Waals surface area (Å²) in [4.78, 5) is 10.4. The highest BCUT2D eigenvalue weighted by Crippen LogP contribution is 2.41. The molecule has 1 aliphatic heterocycles. The predicted molar refractivity (Wildman–Crippen MR) is 54.4 cm³/mol. The van der Waals surface area contributed by atoms with Crippen molar-refractivity contribution in [2.45, 2.75) is 30.3 Å². The molecule has 2 heteroatoms. The molecule has 0 N–H and O–H groups in total. The summed E-state index contributed by atoms with van der Waals surface area (Å²) in [5.74, 6) is 0. The van der Waals surface area contributed by atoms with Crippen LogP contribution in [-0.2, 0) is 4.79 Å². The van der Waals surface area contributed by atoms with E-state index in [0.717, 1.165) is 11.9 Å². The van der Waals surface area contributed by atoms with Crippen molar-refractivity contribution in [3.63, 3.8) is 0 Å². The molecule has 2 unspecified atom stereocenters. The van der Waals surface area contributed by atoms with Gasteiger partial charge in [-0.2, -0.15) is 0 Å². The van der Waals surface area contributed by atoms with Gasteiger partial charge in [0.05, 0.1) is 0 Å². The molecule has 0 aromatic heterocycles. The molecule has 66 valence electrons. The second-order valence-electron chi connectivity index (χ2n) is 3.43. The van der Waals surface area contributed by atoms with E-state index < -0.39 is 0 Å². The van der Waals surface area contributed by atoms with Crippen molar-refractivity contribution in [2.75, 3.05) is 0 Å². The van der Waals surface area contributed by atoms with Crippen LogP contribution in [0, 0.1) is 0 Å². The lowest BCUT2D eigenvalue weighted by atomic mass is 10.1. The van der Waals surface area contributed by atoms with Crippen LogP contribution in [0.1, 0.15) is 20.3 Å². The van der Waals surface area contributed by atoms with Gasteiger partial charge in [-0.3, -0.25) is 0 Å². The average Bonchev–Trinajstić information content (AvgIpc) is 2.33. The summed E-state index contributed by atoms with van der Waals surface area (Å²) in [6, 6.07) is 0. The molecule has 1 heterocycles. The minimum absolute atomic E-state index is 0.00532. The van der Waals surface area contributed by atoms with Crippen molar-refractivity contribution in [1.29, 1.82) is 0 Å². The monoisotopic (exact) mass is 182 g/mol. The van der Waals surface area contributed by atoms with Crippen LogP contribution in [0.25, 0.3) is 0 Å². The first-order chi connectivity index (χ1) is 5.57. The fourth-order valence-corrected chi connectivity index (χ4v) is 2.47. The Balaban J connectivity index is 2.62. The Labute approximate surface area is 77.9 Å². The minimum Gasteiger partial charge on any atom is -0.303 e. The molecule has 0 saturated carbocycles. The molecular weight excluding hydrogens is 168 g/mol. The van der Waals surface area contributed by atoms with E-state index in [4.69, 9.17) is 0 Å². The number of carbonyl (C=O) groups is 1. The van der Waals surface area contributed by atoms with Gasteiger partial charge in [0.1, 0.15) is 6.29 Å². The quantitative estimate of drug-likeness (QED) is 0.493. The number of aldehydes is 1. The van der Waals surface area contributed by atoms with E-state index in [2.05, 4.69) is 25.7 Å². The zero-order valence-electron chi connectivity index (χ0n) is 7.54. The standard InChI is InChI=1S/C10H14OS/c1-8(2)9-4-5-10(3,12-9)6-7-11/h4-5,7,9H,1,6H2,2-3H3. The Morgan fingerprint density at radius 3 is 2.92 bits per heavy atom. The van der Waals surface area contributed by atoms with E-state index in [1.165, 1.54) is 0 Å². The van der Waals surface area contributed by atoms with Crippen LogP contribution in [0.15, 0.2) is 24.3 Å². The normalized spacial score (nSPS) is 33.7. The van der Waals surface area contributed by atoms with Crippen molar-refractivity contribution in [3.05, 3.63) is 24.3 Å². The SMILES string of the molecule is C=C(C)C1C=CC(C)(CC=O)S1. The van der Waals surface area contributed by atoms with Gasteiger partial charge in [0.25, 0.3) is 0 Å². The fourth-order valence-electron chi connectivity index (χ4n) is 1.21. The topological polar surface area (TPSA) is 17.1 Å². The molecule has 1 nitrogen and oxygen atoms in total. The Morgan fingerprint density at radius 2 is 2.50 bits per heavy atom. The summed E-state index contributed by atoms with van der Waals surface area (Å²) in [6.07, 6.45) is 5.83. The van der Waals surface area contributed by atoms with Gasteiger partial charge in [-0.15, -0.1) is 11.8 Å². The van der Waals surface area contributed by atoms with Gasteiger partial charge in [-0.05, 0) is 13.8 Å². The van der Waals surface area contributed by atoms with Crippen LogP contribution in [0.5, 0.6) is 0 Å². The first-order valence-corrected chi connectivity index (χ1v) is 4.91.